The molecule has 0 rings (SSSR count). The number of carbonyl (C=O) groups excluding carboxylic acids is 1. The van der Waals surface area contributed by atoms with Crippen LogP contribution in [0.25, 0.3) is 0 Å². The van der Waals surface area contributed by atoms with E-state index in [2.05, 4.69) is 4.74 Å². The van der Waals surface area contributed by atoms with Crippen LogP contribution in [0.1, 0.15) is 89.9 Å². The van der Waals surface area contributed by atoms with Gasteiger partial charge in [-0.3, -0.25) is 4.79 Å². The fourth-order valence-electron chi connectivity index (χ4n) is 2.66. The molecule has 0 spiro atoms. The summed E-state index contributed by atoms with van der Waals surface area (Å²) in [5.74, 6) is -0.0764. The first-order valence-electron chi connectivity index (χ1n) is 9.44. The summed E-state index contributed by atoms with van der Waals surface area (Å²) in [7, 11) is 3.12. The zero-order chi connectivity index (χ0) is 17.0. The van der Waals surface area contributed by atoms with E-state index in [0.29, 0.717) is 13.2 Å². The lowest BCUT2D eigenvalue weighted by molar-refractivity contribution is -0.140. The Labute approximate surface area is 143 Å². The molecule has 0 bridgehead atoms. The Kier molecular flexibility index (Phi) is 18.9. The molecule has 0 amide bonds. The molecule has 0 aromatic rings. The molecule has 0 aliphatic rings. The van der Waals surface area contributed by atoms with Gasteiger partial charge in [0.25, 0.3) is 0 Å². The Morgan fingerprint density at radius 2 is 1.09 bits per heavy atom. The third-order valence-electron chi connectivity index (χ3n) is 4.10. The summed E-state index contributed by atoms with van der Waals surface area (Å²) in [5.41, 5.74) is 0. The van der Waals surface area contributed by atoms with Gasteiger partial charge in [-0.25, -0.2) is 0 Å². The van der Waals surface area contributed by atoms with Crippen molar-refractivity contribution in [3.8, 4) is 0 Å². The van der Waals surface area contributed by atoms with Crippen LogP contribution in [0.2, 0.25) is 0 Å². The molecule has 4 nitrogen and oxygen atoms in total. The van der Waals surface area contributed by atoms with Gasteiger partial charge in [0.05, 0.1) is 7.11 Å². The Morgan fingerprint density at radius 1 is 0.652 bits per heavy atom. The fraction of sp³-hybridized carbons (Fsp3) is 0.947. The van der Waals surface area contributed by atoms with Crippen LogP contribution in [0.4, 0.5) is 0 Å². The van der Waals surface area contributed by atoms with Crippen molar-refractivity contribution in [3.63, 3.8) is 0 Å². The molecule has 0 heterocycles. The first-order valence-corrected chi connectivity index (χ1v) is 9.44. The molecule has 0 unspecified atom stereocenters. The average molecular weight is 331 g/mol. The summed E-state index contributed by atoms with van der Waals surface area (Å²) in [6.45, 7) is 1.25. The molecule has 0 N–H and O–H groups in total. The van der Waals surface area contributed by atoms with Gasteiger partial charge in [-0.15, -0.1) is 0 Å². The number of ether oxygens (including phenoxy) is 3. The summed E-state index contributed by atoms with van der Waals surface area (Å²) in [6, 6.07) is 0. The Bertz CT molecular complexity index is 244. The van der Waals surface area contributed by atoms with Gasteiger partial charge in [0.1, 0.15) is 6.79 Å². The highest BCUT2D eigenvalue weighted by molar-refractivity contribution is 5.68. The van der Waals surface area contributed by atoms with E-state index in [1.807, 2.05) is 0 Å². The molecule has 0 saturated carbocycles. The highest BCUT2D eigenvalue weighted by Crippen LogP contribution is 2.13. The van der Waals surface area contributed by atoms with Crippen molar-refractivity contribution in [3.05, 3.63) is 0 Å². The number of methoxy groups -OCH3 is 2. The monoisotopic (exact) mass is 330 g/mol. The molecule has 0 aromatic heterocycles. The molecular formula is C19H38O4. The van der Waals surface area contributed by atoms with E-state index in [0.717, 1.165) is 25.9 Å². The normalized spacial score (nSPS) is 10.9. The Hall–Kier alpha value is -0.610. The van der Waals surface area contributed by atoms with Crippen LogP contribution < -0.4 is 0 Å². The summed E-state index contributed by atoms with van der Waals surface area (Å²) in [5, 5.41) is 0. The van der Waals surface area contributed by atoms with Gasteiger partial charge >= 0.3 is 5.97 Å². The minimum atomic E-state index is -0.0764. The van der Waals surface area contributed by atoms with Crippen molar-refractivity contribution >= 4 is 5.97 Å². The van der Waals surface area contributed by atoms with Gasteiger partial charge in [-0.2, -0.15) is 0 Å². The Morgan fingerprint density at radius 3 is 1.52 bits per heavy atom. The number of rotatable bonds is 18. The molecule has 0 aromatic carbocycles. The number of hydrogen-bond acceptors (Lipinski definition) is 4. The molecule has 4 heteroatoms. The van der Waals surface area contributed by atoms with Crippen LogP contribution in [-0.2, 0) is 19.0 Å². The molecule has 138 valence electrons. The van der Waals surface area contributed by atoms with Crippen molar-refractivity contribution in [2.75, 3.05) is 27.6 Å². The van der Waals surface area contributed by atoms with E-state index in [-0.39, 0.29) is 5.97 Å². The number of hydrogen-bond donors (Lipinski definition) is 0. The molecule has 0 aliphatic heterocycles. The maximum Gasteiger partial charge on any atom is 0.305 e. The van der Waals surface area contributed by atoms with Gasteiger partial charge in [0.2, 0.25) is 0 Å². The van der Waals surface area contributed by atoms with Crippen molar-refractivity contribution in [1.82, 2.24) is 0 Å². The minimum Gasteiger partial charge on any atom is -0.469 e. The number of unbranched alkanes of at least 4 members (excludes halogenated alkanes) is 12. The van der Waals surface area contributed by atoms with Crippen LogP contribution in [-0.4, -0.2) is 33.6 Å². The van der Waals surface area contributed by atoms with E-state index in [1.165, 1.54) is 71.3 Å². The van der Waals surface area contributed by atoms with E-state index >= 15 is 0 Å². The lowest BCUT2D eigenvalue weighted by Gasteiger charge is -2.04. The predicted octanol–water partition coefficient (Wildman–Crippen LogP) is 5.24. The van der Waals surface area contributed by atoms with Gasteiger partial charge in [-0.05, 0) is 12.8 Å². The standard InChI is InChI=1S/C19H38O4/c1-21-18-23-17-15-13-11-9-7-5-3-4-6-8-10-12-14-16-19(20)22-2/h3-18H2,1-2H3. The van der Waals surface area contributed by atoms with Crippen molar-refractivity contribution < 1.29 is 19.0 Å². The predicted molar refractivity (Wildman–Crippen MR) is 94.5 cm³/mol. The highest BCUT2D eigenvalue weighted by atomic mass is 16.7. The molecule has 0 saturated heterocycles. The summed E-state index contributed by atoms with van der Waals surface area (Å²) >= 11 is 0. The summed E-state index contributed by atoms with van der Waals surface area (Å²) in [6.07, 6.45) is 17.2. The van der Waals surface area contributed by atoms with E-state index < -0.39 is 0 Å². The molecule has 0 aliphatic carbocycles. The molecule has 0 fully saturated rings. The van der Waals surface area contributed by atoms with E-state index in [9.17, 15) is 4.79 Å². The quantitative estimate of drug-likeness (QED) is 0.196. The summed E-state index contributed by atoms with van der Waals surface area (Å²) < 4.78 is 14.7. The number of carbonyl (C=O) groups is 1. The zero-order valence-corrected chi connectivity index (χ0v) is 15.4. The first kappa shape index (κ1) is 22.4. The molecule has 23 heavy (non-hydrogen) atoms. The van der Waals surface area contributed by atoms with Gasteiger partial charge in [0.15, 0.2) is 0 Å². The highest BCUT2D eigenvalue weighted by Gasteiger charge is 1.99. The van der Waals surface area contributed by atoms with Gasteiger partial charge < -0.3 is 14.2 Å². The number of esters is 1. The summed E-state index contributed by atoms with van der Waals surface area (Å²) in [4.78, 5) is 10.9. The van der Waals surface area contributed by atoms with Crippen LogP contribution in [0, 0.1) is 0 Å². The minimum absolute atomic E-state index is 0.0764. The average Bonchev–Trinajstić information content (AvgIpc) is 2.57. The van der Waals surface area contributed by atoms with E-state index in [1.54, 1.807) is 7.11 Å². The van der Waals surface area contributed by atoms with Crippen molar-refractivity contribution in [2.45, 2.75) is 89.9 Å². The smallest absolute Gasteiger partial charge is 0.305 e. The maximum atomic E-state index is 10.9. The van der Waals surface area contributed by atoms with Crippen LogP contribution in [0.3, 0.4) is 0 Å². The van der Waals surface area contributed by atoms with Crippen LogP contribution in [0.5, 0.6) is 0 Å². The zero-order valence-electron chi connectivity index (χ0n) is 15.4. The second-order valence-electron chi connectivity index (χ2n) is 6.24. The topological polar surface area (TPSA) is 44.8 Å². The Balaban J connectivity index is 2.99. The van der Waals surface area contributed by atoms with Crippen molar-refractivity contribution in [1.29, 1.82) is 0 Å². The molecular weight excluding hydrogens is 292 g/mol. The third kappa shape index (κ3) is 19.3. The second-order valence-corrected chi connectivity index (χ2v) is 6.24. The lowest BCUT2D eigenvalue weighted by atomic mass is 10.0. The van der Waals surface area contributed by atoms with Gasteiger partial charge in [0, 0.05) is 20.1 Å². The largest absolute Gasteiger partial charge is 0.469 e. The van der Waals surface area contributed by atoms with Crippen molar-refractivity contribution in [2.24, 2.45) is 0 Å². The second kappa shape index (κ2) is 19.4. The molecule has 0 atom stereocenters. The maximum absolute atomic E-state index is 10.9. The van der Waals surface area contributed by atoms with Gasteiger partial charge in [-0.1, -0.05) is 70.6 Å². The third-order valence-corrected chi connectivity index (χ3v) is 4.10. The van der Waals surface area contributed by atoms with Crippen LogP contribution >= 0.6 is 0 Å². The lowest BCUT2D eigenvalue weighted by Crippen LogP contribution is -1.99. The fourth-order valence-corrected chi connectivity index (χ4v) is 2.66. The molecule has 0 radical (unpaired) electrons. The van der Waals surface area contributed by atoms with E-state index in [4.69, 9.17) is 9.47 Å². The SMILES string of the molecule is COCOCCCCCCCCCCCCCCCC(=O)OC. The first-order chi connectivity index (χ1) is 11.3. The van der Waals surface area contributed by atoms with Crippen LogP contribution in [0.15, 0.2) is 0 Å².